The molecule has 0 bridgehead atoms. The Bertz CT molecular complexity index is 520. The molecule has 0 saturated carbocycles. The molecule has 1 aromatic rings. The van der Waals surface area contributed by atoms with Crippen LogP contribution < -0.4 is 10.6 Å². The molecule has 1 saturated heterocycles. The maximum atomic E-state index is 4.49. The summed E-state index contributed by atoms with van der Waals surface area (Å²) < 4.78 is 2.07. The van der Waals surface area contributed by atoms with Gasteiger partial charge in [-0.25, -0.2) is 0 Å². The highest BCUT2D eigenvalue weighted by molar-refractivity contribution is 14.0. The monoisotopic (exact) mass is 462 g/mol. The van der Waals surface area contributed by atoms with Gasteiger partial charge in [-0.1, -0.05) is 6.92 Å². The third-order valence-corrected chi connectivity index (χ3v) is 4.76. The summed E-state index contributed by atoms with van der Waals surface area (Å²) in [5.41, 5.74) is 2.32. The maximum Gasteiger partial charge on any atom is 0.191 e. The fourth-order valence-corrected chi connectivity index (χ4v) is 3.18. The number of nitrogens with zero attached hydrogens (tertiary/aromatic N) is 4. The third-order valence-electron chi connectivity index (χ3n) is 4.76. The second-order valence-corrected chi connectivity index (χ2v) is 6.95. The molecule has 0 aromatic carbocycles. The summed E-state index contributed by atoms with van der Waals surface area (Å²) in [5.74, 6) is 1.79. The SMILES string of the molecule is CN=C(NCCCn1nc(C)cc1C)NCCN1CCC(C)CC1.I. The minimum absolute atomic E-state index is 0. The number of aromatic nitrogens is 2. The number of nitrogens with one attached hydrogen (secondary N) is 2. The predicted molar refractivity (Wildman–Crippen MR) is 116 cm³/mol. The molecule has 2 heterocycles. The third kappa shape index (κ3) is 7.94. The molecule has 0 amide bonds. The molecule has 144 valence electrons. The van der Waals surface area contributed by atoms with E-state index in [-0.39, 0.29) is 24.0 Å². The summed E-state index contributed by atoms with van der Waals surface area (Å²) in [5, 5.41) is 11.3. The molecule has 7 heteroatoms. The summed E-state index contributed by atoms with van der Waals surface area (Å²) in [7, 11) is 1.83. The van der Waals surface area contributed by atoms with Gasteiger partial charge in [0.1, 0.15) is 0 Å². The van der Waals surface area contributed by atoms with Crippen LogP contribution in [0, 0.1) is 19.8 Å². The first-order valence-electron chi connectivity index (χ1n) is 9.26. The van der Waals surface area contributed by atoms with Crippen LogP contribution in [0.15, 0.2) is 11.1 Å². The Balaban J connectivity index is 0.00000312. The van der Waals surface area contributed by atoms with Gasteiger partial charge in [0.2, 0.25) is 0 Å². The molecule has 1 aliphatic rings. The molecule has 2 N–H and O–H groups in total. The van der Waals surface area contributed by atoms with Crippen LogP contribution in [0.3, 0.4) is 0 Å². The molecular formula is C18H35IN6. The van der Waals surface area contributed by atoms with Gasteiger partial charge >= 0.3 is 0 Å². The number of likely N-dealkylation sites (tertiary alicyclic amines) is 1. The van der Waals surface area contributed by atoms with E-state index in [1.54, 1.807) is 0 Å². The van der Waals surface area contributed by atoms with Crippen LogP contribution in [0.25, 0.3) is 0 Å². The number of aliphatic imine (C=N–C) groups is 1. The van der Waals surface area contributed by atoms with E-state index < -0.39 is 0 Å². The van der Waals surface area contributed by atoms with E-state index in [1.165, 1.54) is 31.6 Å². The zero-order valence-corrected chi connectivity index (χ0v) is 18.5. The molecule has 25 heavy (non-hydrogen) atoms. The Morgan fingerprint density at radius 2 is 1.88 bits per heavy atom. The second kappa shape index (κ2) is 11.7. The van der Waals surface area contributed by atoms with Crippen LogP contribution in [0.4, 0.5) is 0 Å². The minimum atomic E-state index is 0. The molecule has 0 radical (unpaired) electrons. The maximum absolute atomic E-state index is 4.49. The van der Waals surface area contributed by atoms with E-state index in [0.29, 0.717) is 0 Å². The topological polar surface area (TPSA) is 57.5 Å². The summed E-state index contributed by atoms with van der Waals surface area (Å²) in [6.45, 7) is 12.9. The van der Waals surface area contributed by atoms with E-state index >= 15 is 0 Å². The van der Waals surface area contributed by atoms with Crippen molar-refractivity contribution in [2.75, 3.05) is 39.8 Å². The van der Waals surface area contributed by atoms with Crippen molar-refractivity contribution in [3.63, 3.8) is 0 Å². The molecule has 0 aliphatic carbocycles. The molecule has 1 fully saturated rings. The van der Waals surface area contributed by atoms with Crippen molar-refractivity contribution in [1.82, 2.24) is 25.3 Å². The van der Waals surface area contributed by atoms with Crippen molar-refractivity contribution >= 4 is 29.9 Å². The lowest BCUT2D eigenvalue weighted by molar-refractivity contribution is 0.195. The normalized spacial score (nSPS) is 16.6. The van der Waals surface area contributed by atoms with Crippen molar-refractivity contribution in [3.8, 4) is 0 Å². The zero-order valence-electron chi connectivity index (χ0n) is 16.2. The second-order valence-electron chi connectivity index (χ2n) is 6.95. The first-order valence-corrected chi connectivity index (χ1v) is 9.26. The Labute approximate surface area is 169 Å². The van der Waals surface area contributed by atoms with Crippen molar-refractivity contribution in [3.05, 3.63) is 17.5 Å². The lowest BCUT2D eigenvalue weighted by Crippen LogP contribution is -2.43. The molecule has 0 unspecified atom stereocenters. The van der Waals surface area contributed by atoms with Gasteiger partial charge in [0.15, 0.2) is 5.96 Å². The summed E-state index contributed by atoms with van der Waals surface area (Å²) in [4.78, 5) is 6.85. The Morgan fingerprint density at radius 1 is 1.20 bits per heavy atom. The number of halogens is 1. The minimum Gasteiger partial charge on any atom is -0.356 e. The number of guanidine groups is 1. The molecule has 2 rings (SSSR count). The quantitative estimate of drug-likeness (QED) is 0.283. The molecular weight excluding hydrogens is 427 g/mol. The highest BCUT2D eigenvalue weighted by Crippen LogP contribution is 2.15. The summed E-state index contributed by atoms with van der Waals surface area (Å²) >= 11 is 0. The van der Waals surface area contributed by atoms with Gasteiger partial charge in [-0.3, -0.25) is 9.67 Å². The van der Waals surface area contributed by atoms with E-state index in [4.69, 9.17) is 0 Å². The highest BCUT2D eigenvalue weighted by Gasteiger charge is 2.14. The van der Waals surface area contributed by atoms with E-state index in [9.17, 15) is 0 Å². The van der Waals surface area contributed by atoms with Crippen molar-refractivity contribution in [1.29, 1.82) is 0 Å². The predicted octanol–water partition coefficient (Wildman–Crippen LogP) is 2.40. The highest BCUT2D eigenvalue weighted by atomic mass is 127. The largest absolute Gasteiger partial charge is 0.356 e. The fraction of sp³-hybridized carbons (Fsp3) is 0.778. The van der Waals surface area contributed by atoms with E-state index in [1.807, 2.05) is 14.0 Å². The van der Waals surface area contributed by atoms with Gasteiger partial charge in [0.25, 0.3) is 0 Å². The van der Waals surface area contributed by atoms with Gasteiger partial charge < -0.3 is 15.5 Å². The van der Waals surface area contributed by atoms with Gasteiger partial charge in [0.05, 0.1) is 5.69 Å². The number of rotatable bonds is 7. The smallest absolute Gasteiger partial charge is 0.191 e. The van der Waals surface area contributed by atoms with Gasteiger partial charge in [-0.05, 0) is 58.2 Å². The van der Waals surface area contributed by atoms with Gasteiger partial charge in [0, 0.05) is 38.9 Å². The van der Waals surface area contributed by atoms with E-state index in [0.717, 1.165) is 50.2 Å². The summed E-state index contributed by atoms with van der Waals surface area (Å²) in [6, 6.07) is 2.12. The van der Waals surface area contributed by atoms with Crippen LogP contribution >= 0.6 is 24.0 Å². The number of aryl methyl sites for hydroxylation is 3. The lowest BCUT2D eigenvalue weighted by atomic mass is 9.99. The Morgan fingerprint density at radius 3 is 2.48 bits per heavy atom. The van der Waals surface area contributed by atoms with Crippen LogP contribution in [0.1, 0.15) is 37.6 Å². The Kier molecular flexibility index (Phi) is 10.4. The van der Waals surface area contributed by atoms with Crippen molar-refractivity contribution in [2.45, 2.75) is 46.6 Å². The van der Waals surface area contributed by atoms with Gasteiger partial charge in [-0.15, -0.1) is 24.0 Å². The van der Waals surface area contributed by atoms with Crippen molar-refractivity contribution < 1.29 is 0 Å². The zero-order chi connectivity index (χ0) is 17.4. The first-order chi connectivity index (χ1) is 11.6. The van der Waals surface area contributed by atoms with Crippen LogP contribution in [-0.2, 0) is 6.54 Å². The number of piperidine rings is 1. The summed E-state index contributed by atoms with van der Waals surface area (Å²) in [6.07, 6.45) is 3.70. The van der Waals surface area contributed by atoms with E-state index in [2.05, 4.69) is 50.2 Å². The fourth-order valence-electron chi connectivity index (χ4n) is 3.18. The molecule has 6 nitrogen and oxygen atoms in total. The number of hydrogen-bond acceptors (Lipinski definition) is 3. The Hall–Kier alpha value is -0.830. The van der Waals surface area contributed by atoms with Crippen LogP contribution in [0.5, 0.6) is 0 Å². The van der Waals surface area contributed by atoms with Crippen molar-refractivity contribution in [2.24, 2.45) is 10.9 Å². The molecule has 1 aromatic heterocycles. The first kappa shape index (κ1) is 22.2. The lowest BCUT2D eigenvalue weighted by Gasteiger charge is -2.30. The average molecular weight is 462 g/mol. The van der Waals surface area contributed by atoms with Gasteiger partial charge in [-0.2, -0.15) is 5.10 Å². The molecule has 1 aliphatic heterocycles. The average Bonchev–Trinajstić information content (AvgIpc) is 2.89. The standard InChI is InChI=1S/C18H34N6.HI/c1-15-6-11-23(12-7-15)13-9-21-18(19-4)20-8-5-10-24-17(3)14-16(2)22-24;/h14-15H,5-13H2,1-4H3,(H2,19,20,21);1H. The number of hydrogen-bond donors (Lipinski definition) is 2. The molecule has 0 spiro atoms. The molecule has 0 atom stereocenters. The van der Waals surface area contributed by atoms with Crippen LogP contribution in [0.2, 0.25) is 0 Å². The van der Waals surface area contributed by atoms with Crippen LogP contribution in [-0.4, -0.2) is 60.4 Å².